The van der Waals surface area contributed by atoms with Crippen LogP contribution in [0.2, 0.25) is 0 Å². The van der Waals surface area contributed by atoms with Crippen molar-refractivity contribution in [2.45, 2.75) is 6.42 Å². The molecule has 1 N–H and O–H groups in total. The molecular weight excluding hydrogens is 106 g/mol. The Morgan fingerprint density at radius 2 is 2.38 bits per heavy atom. The van der Waals surface area contributed by atoms with Crippen LogP contribution in [0.15, 0.2) is 12.2 Å². The summed E-state index contributed by atoms with van der Waals surface area (Å²) in [6.45, 7) is 1.35. The lowest BCUT2D eigenvalue weighted by Crippen LogP contribution is -2.17. The van der Waals surface area contributed by atoms with Crippen LogP contribution in [-0.2, 0) is 9.88 Å². The molecule has 0 unspecified atom stereocenters. The molecule has 0 aliphatic carbocycles. The minimum absolute atomic E-state index is 0.535. The Balaban J connectivity index is 2.17. The molecule has 0 radical (unpaired) electrons. The van der Waals surface area contributed by atoms with E-state index in [1.165, 1.54) is 0 Å². The SMILES string of the molecule is C1=C\COONCC/1. The van der Waals surface area contributed by atoms with Crippen LogP contribution in [0, 0.1) is 0 Å². The van der Waals surface area contributed by atoms with Crippen molar-refractivity contribution in [3.63, 3.8) is 0 Å². The first-order valence-electron chi connectivity index (χ1n) is 2.66. The van der Waals surface area contributed by atoms with Crippen molar-refractivity contribution in [2.75, 3.05) is 13.2 Å². The summed E-state index contributed by atoms with van der Waals surface area (Å²) in [6.07, 6.45) is 4.99. The Labute approximate surface area is 48.2 Å². The van der Waals surface area contributed by atoms with Crippen LogP contribution in [-0.4, -0.2) is 13.2 Å². The Bertz CT molecular complexity index is 72.5. The topological polar surface area (TPSA) is 30.5 Å². The first-order chi connectivity index (χ1) is 4.00. The van der Waals surface area contributed by atoms with Crippen LogP contribution < -0.4 is 5.48 Å². The molecule has 1 aliphatic heterocycles. The van der Waals surface area contributed by atoms with Gasteiger partial charge >= 0.3 is 0 Å². The predicted octanol–water partition coefficient (Wildman–Crippen LogP) is 0.399. The molecule has 0 aromatic heterocycles. The second kappa shape index (κ2) is 3.60. The van der Waals surface area contributed by atoms with Gasteiger partial charge in [-0.1, -0.05) is 12.2 Å². The van der Waals surface area contributed by atoms with Crippen molar-refractivity contribution < 1.29 is 9.88 Å². The quantitative estimate of drug-likeness (QED) is 0.366. The molecule has 0 aromatic rings. The Kier molecular flexibility index (Phi) is 2.59. The summed E-state index contributed by atoms with van der Waals surface area (Å²) in [5.41, 5.74) is 2.61. The highest BCUT2D eigenvalue weighted by molar-refractivity contribution is 4.81. The molecule has 3 heteroatoms. The van der Waals surface area contributed by atoms with Gasteiger partial charge in [0.05, 0.1) is 0 Å². The molecule has 0 saturated carbocycles. The lowest BCUT2D eigenvalue weighted by molar-refractivity contribution is -0.329. The van der Waals surface area contributed by atoms with E-state index in [0.29, 0.717) is 6.61 Å². The molecule has 46 valence electrons. The molecule has 3 nitrogen and oxygen atoms in total. The average Bonchev–Trinajstić information content (AvgIpc) is 1.62. The van der Waals surface area contributed by atoms with Gasteiger partial charge in [0.15, 0.2) is 0 Å². The van der Waals surface area contributed by atoms with Gasteiger partial charge in [0.2, 0.25) is 0 Å². The van der Waals surface area contributed by atoms with Crippen molar-refractivity contribution in [1.82, 2.24) is 5.48 Å². The van der Waals surface area contributed by atoms with Crippen molar-refractivity contribution >= 4 is 0 Å². The molecule has 0 fully saturated rings. The Hall–Kier alpha value is -0.380. The molecule has 1 rings (SSSR count). The van der Waals surface area contributed by atoms with Gasteiger partial charge in [-0.3, -0.25) is 0 Å². The molecule has 0 atom stereocenters. The summed E-state index contributed by atoms with van der Waals surface area (Å²) in [5, 5.41) is 0. The van der Waals surface area contributed by atoms with E-state index in [0.717, 1.165) is 13.0 Å². The standard InChI is InChI=1S/C5H9NO2/c1-2-4-6-8-7-5-3-1/h1,3,6H,2,4-5H2/b3-1-. The molecule has 8 heavy (non-hydrogen) atoms. The molecule has 0 saturated heterocycles. The van der Waals surface area contributed by atoms with E-state index in [2.05, 4.69) is 21.4 Å². The predicted molar refractivity (Wildman–Crippen MR) is 28.8 cm³/mol. The maximum atomic E-state index is 4.58. The maximum absolute atomic E-state index is 4.58. The molecule has 1 aliphatic rings. The van der Waals surface area contributed by atoms with Gasteiger partial charge in [-0.2, -0.15) is 5.48 Å². The van der Waals surface area contributed by atoms with E-state index in [1.54, 1.807) is 0 Å². The van der Waals surface area contributed by atoms with E-state index in [4.69, 9.17) is 0 Å². The fourth-order valence-electron chi connectivity index (χ4n) is 0.485. The lowest BCUT2D eigenvalue weighted by Gasteiger charge is -2.03. The number of hydroxylamine groups is 1. The second-order valence-electron chi connectivity index (χ2n) is 1.52. The molecule has 1 heterocycles. The maximum Gasteiger partial charge on any atom is 0.102 e. The highest BCUT2D eigenvalue weighted by Gasteiger charge is 1.88. The number of hydrogen-bond acceptors (Lipinski definition) is 3. The summed E-state index contributed by atoms with van der Waals surface area (Å²) in [4.78, 5) is 9.05. The summed E-state index contributed by atoms with van der Waals surface area (Å²) in [5.74, 6) is 0. The van der Waals surface area contributed by atoms with Crippen LogP contribution in [0.25, 0.3) is 0 Å². The summed E-state index contributed by atoms with van der Waals surface area (Å²) >= 11 is 0. The normalized spacial score (nSPS) is 26.0. The fourth-order valence-corrected chi connectivity index (χ4v) is 0.485. The third-order valence-corrected chi connectivity index (χ3v) is 0.862. The van der Waals surface area contributed by atoms with Gasteiger partial charge in [-0.05, 0) is 6.42 Å². The third kappa shape index (κ3) is 2.07. The van der Waals surface area contributed by atoms with Gasteiger partial charge in [0.25, 0.3) is 0 Å². The van der Waals surface area contributed by atoms with Gasteiger partial charge in [0, 0.05) is 6.54 Å². The Morgan fingerprint density at radius 3 is 3.38 bits per heavy atom. The molecular formula is C5H9NO2. The number of nitrogens with one attached hydrogen (secondary N) is 1. The molecule has 0 aromatic carbocycles. The molecule has 0 spiro atoms. The van der Waals surface area contributed by atoms with E-state index < -0.39 is 0 Å². The van der Waals surface area contributed by atoms with E-state index in [-0.39, 0.29) is 0 Å². The van der Waals surface area contributed by atoms with Crippen molar-refractivity contribution in [2.24, 2.45) is 0 Å². The number of rotatable bonds is 0. The van der Waals surface area contributed by atoms with Crippen LogP contribution in [0.5, 0.6) is 0 Å². The van der Waals surface area contributed by atoms with Crippen LogP contribution >= 0.6 is 0 Å². The highest BCUT2D eigenvalue weighted by Crippen LogP contribution is 1.86. The fraction of sp³-hybridized carbons (Fsp3) is 0.600. The summed E-state index contributed by atoms with van der Waals surface area (Å²) < 4.78 is 0. The van der Waals surface area contributed by atoms with Gasteiger partial charge < -0.3 is 0 Å². The van der Waals surface area contributed by atoms with E-state index in [1.807, 2.05) is 6.08 Å². The van der Waals surface area contributed by atoms with Gasteiger partial charge in [-0.15, -0.1) is 4.99 Å². The molecule has 0 bridgehead atoms. The molecule has 0 amide bonds. The minimum Gasteiger partial charge on any atom is -0.214 e. The number of hydrogen-bond donors (Lipinski definition) is 1. The van der Waals surface area contributed by atoms with Crippen LogP contribution in [0.1, 0.15) is 6.42 Å². The average molecular weight is 115 g/mol. The van der Waals surface area contributed by atoms with Crippen molar-refractivity contribution in [3.05, 3.63) is 12.2 Å². The smallest absolute Gasteiger partial charge is 0.102 e. The zero-order chi connectivity index (χ0) is 5.66. The lowest BCUT2D eigenvalue weighted by atomic mass is 10.4. The van der Waals surface area contributed by atoms with Gasteiger partial charge in [-0.25, -0.2) is 4.89 Å². The third-order valence-electron chi connectivity index (χ3n) is 0.862. The van der Waals surface area contributed by atoms with E-state index in [9.17, 15) is 0 Å². The first-order valence-corrected chi connectivity index (χ1v) is 2.66. The van der Waals surface area contributed by atoms with Crippen molar-refractivity contribution in [1.29, 1.82) is 0 Å². The van der Waals surface area contributed by atoms with Crippen molar-refractivity contribution in [3.8, 4) is 0 Å². The summed E-state index contributed by atoms with van der Waals surface area (Å²) in [6, 6.07) is 0. The zero-order valence-electron chi connectivity index (χ0n) is 4.59. The first kappa shape index (κ1) is 5.75. The largest absolute Gasteiger partial charge is 0.214 e. The highest BCUT2D eigenvalue weighted by atomic mass is 17.3. The second-order valence-corrected chi connectivity index (χ2v) is 1.52. The zero-order valence-corrected chi connectivity index (χ0v) is 4.59. The summed E-state index contributed by atoms with van der Waals surface area (Å²) in [7, 11) is 0. The van der Waals surface area contributed by atoms with E-state index >= 15 is 0 Å². The Morgan fingerprint density at radius 1 is 1.38 bits per heavy atom. The van der Waals surface area contributed by atoms with Gasteiger partial charge in [0.1, 0.15) is 6.61 Å². The monoisotopic (exact) mass is 115 g/mol. The van der Waals surface area contributed by atoms with Crippen LogP contribution in [0.3, 0.4) is 0 Å². The van der Waals surface area contributed by atoms with Crippen LogP contribution in [0.4, 0.5) is 0 Å². The minimum atomic E-state index is 0.535.